The fourth-order valence-electron chi connectivity index (χ4n) is 8.55. The van der Waals surface area contributed by atoms with Crippen molar-refractivity contribution in [2.75, 3.05) is 52.4 Å². The summed E-state index contributed by atoms with van der Waals surface area (Å²) in [6.07, 6.45) is -0.915. The molecule has 0 aliphatic carbocycles. The lowest BCUT2D eigenvalue weighted by Gasteiger charge is -2.55. The Balaban J connectivity index is 1.19. The molecule has 13 heteroatoms. The van der Waals surface area contributed by atoms with Crippen LogP contribution < -0.4 is 10.5 Å². The van der Waals surface area contributed by atoms with Crippen molar-refractivity contribution in [1.82, 2.24) is 4.90 Å². The Morgan fingerprint density at radius 2 is 1.71 bits per heavy atom. The summed E-state index contributed by atoms with van der Waals surface area (Å²) in [5.41, 5.74) is 7.59. The fraction of sp³-hybridized carbons (Fsp3) is 0.469. The van der Waals surface area contributed by atoms with Crippen LogP contribution in [0, 0.1) is 11.8 Å². The molecule has 12 nitrogen and oxygen atoms in total. The molecule has 2 aromatic rings. The highest BCUT2D eigenvalue weighted by Gasteiger charge is 2.60. The van der Waals surface area contributed by atoms with E-state index >= 15 is 0 Å². The molecule has 2 aromatic carbocycles. The normalized spacial score (nSPS) is 31.2. The van der Waals surface area contributed by atoms with Crippen LogP contribution in [0.25, 0.3) is 11.1 Å². The molecule has 238 valence electrons. The van der Waals surface area contributed by atoms with Crippen molar-refractivity contribution >= 4 is 27.6 Å². The highest BCUT2D eigenvalue weighted by atomic mass is 32.2. The van der Waals surface area contributed by atoms with Gasteiger partial charge in [0.25, 0.3) is 5.91 Å². The highest BCUT2D eigenvalue weighted by Crippen LogP contribution is 2.51. The van der Waals surface area contributed by atoms with E-state index in [1.165, 1.54) is 11.8 Å². The smallest absolute Gasteiger partial charge is 0.352 e. The number of quaternary nitrogens is 2. The third kappa shape index (κ3) is 4.35. The third-order valence-electron chi connectivity index (χ3n) is 11.0. The molecule has 0 aromatic heterocycles. The molecule has 2 amide bonds. The van der Waals surface area contributed by atoms with Crippen LogP contribution in [-0.4, -0.2) is 115 Å². The van der Waals surface area contributed by atoms with Crippen LogP contribution in [0.3, 0.4) is 0 Å². The minimum absolute atomic E-state index is 0.132. The van der Waals surface area contributed by atoms with Crippen LogP contribution >= 0.6 is 0 Å². The average molecular weight is 639 g/mol. The lowest BCUT2D eigenvalue weighted by atomic mass is 9.78. The number of aliphatic hydroxyl groups excluding tert-OH is 1. The number of hydrogen-bond donors (Lipinski definition) is 3. The number of ether oxygens (including phenoxy) is 1. The van der Waals surface area contributed by atoms with E-state index in [0.717, 1.165) is 49.3 Å². The second-order valence-electron chi connectivity index (χ2n) is 13.5. The van der Waals surface area contributed by atoms with Crippen molar-refractivity contribution < 1.29 is 46.7 Å². The van der Waals surface area contributed by atoms with Gasteiger partial charge in [0.05, 0.1) is 27.9 Å². The number of aliphatic carboxylic acids is 1. The Bertz CT molecular complexity index is 1780. The van der Waals surface area contributed by atoms with E-state index in [1.807, 2.05) is 19.1 Å². The number of carboxylic acids is 1. The quantitative estimate of drug-likeness (QED) is 0.228. The van der Waals surface area contributed by atoms with E-state index < -0.39 is 39.8 Å². The molecule has 3 unspecified atom stereocenters. The zero-order valence-corrected chi connectivity index (χ0v) is 26.1. The van der Waals surface area contributed by atoms with Crippen LogP contribution in [0.15, 0.2) is 57.5 Å². The predicted molar refractivity (Wildman–Crippen MR) is 160 cm³/mol. The molecule has 4 fully saturated rings. The average Bonchev–Trinajstić information content (AvgIpc) is 3.38. The molecule has 6 aliphatic heterocycles. The lowest BCUT2D eigenvalue weighted by molar-refractivity contribution is -1.08. The summed E-state index contributed by atoms with van der Waals surface area (Å²) in [5.74, 6) is -2.69. The maximum Gasteiger partial charge on any atom is 0.352 e. The van der Waals surface area contributed by atoms with Crippen molar-refractivity contribution in [3.05, 3.63) is 53.2 Å². The van der Waals surface area contributed by atoms with E-state index in [1.54, 1.807) is 24.3 Å². The summed E-state index contributed by atoms with van der Waals surface area (Å²) in [6, 6.07) is 9.94. The third-order valence-corrected chi connectivity index (χ3v) is 12.9. The van der Waals surface area contributed by atoms with Gasteiger partial charge in [0.15, 0.2) is 6.54 Å². The lowest BCUT2D eigenvalue weighted by Crippen LogP contribution is -2.75. The van der Waals surface area contributed by atoms with Crippen molar-refractivity contribution in [3.8, 4) is 16.9 Å². The molecule has 2 bridgehead atoms. The first kappa shape index (κ1) is 29.9. The number of fused-ring (bicyclic) bond motifs is 7. The zero-order valence-electron chi connectivity index (χ0n) is 25.3. The van der Waals surface area contributed by atoms with Gasteiger partial charge in [-0.05, 0) is 19.1 Å². The number of piperazine rings is 3. The second kappa shape index (κ2) is 10.1. The predicted octanol–water partition coefficient (Wildman–Crippen LogP) is 0.721. The number of nitrogens with two attached hydrogens (primary N) is 1. The molecule has 0 radical (unpaired) electrons. The van der Waals surface area contributed by atoms with Crippen molar-refractivity contribution in [3.63, 3.8) is 0 Å². The number of nitrogens with zero attached hydrogens (tertiary/aromatic N) is 3. The van der Waals surface area contributed by atoms with Gasteiger partial charge in [-0.15, -0.1) is 0 Å². The number of amides is 2. The maximum atomic E-state index is 14.1. The highest BCUT2D eigenvalue weighted by molar-refractivity contribution is 7.92. The van der Waals surface area contributed by atoms with E-state index in [4.69, 9.17) is 10.5 Å². The molecule has 6 heterocycles. The largest absolute Gasteiger partial charge is 0.488 e. The number of carbonyl (C=O) groups excluding carboxylic acids is 2. The van der Waals surface area contributed by atoms with Gasteiger partial charge in [0.2, 0.25) is 15.7 Å². The van der Waals surface area contributed by atoms with Gasteiger partial charge in [0.1, 0.15) is 63.9 Å². The summed E-state index contributed by atoms with van der Waals surface area (Å²) in [4.78, 5) is 38.4. The number of rotatable bonds is 9. The van der Waals surface area contributed by atoms with Gasteiger partial charge in [-0.25, -0.2) is 13.2 Å². The van der Waals surface area contributed by atoms with Gasteiger partial charge in [0, 0.05) is 28.2 Å². The van der Waals surface area contributed by atoms with Gasteiger partial charge in [-0.1, -0.05) is 31.2 Å². The van der Waals surface area contributed by atoms with Crippen LogP contribution in [-0.2, 0) is 30.8 Å². The number of carboxylic acid groups (broad SMARTS) is 1. The van der Waals surface area contributed by atoms with Gasteiger partial charge < -0.3 is 34.5 Å². The molecule has 6 aliphatic rings. The second-order valence-corrected chi connectivity index (χ2v) is 15.3. The molecule has 0 spiro atoms. The first-order chi connectivity index (χ1) is 21.3. The van der Waals surface area contributed by atoms with Crippen LogP contribution in [0.5, 0.6) is 5.75 Å². The number of carbonyl (C=O) groups is 3. The number of sulfone groups is 1. The molecule has 0 saturated carbocycles. The van der Waals surface area contributed by atoms with Crippen molar-refractivity contribution in [1.29, 1.82) is 0 Å². The molecule has 4 atom stereocenters. The molecule has 8 rings (SSSR count). The summed E-state index contributed by atoms with van der Waals surface area (Å²) in [5, 5.41) is 20.2. The van der Waals surface area contributed by atoms with E-state index in [9.17, 15) is 33.0 Å². The zero-order chi connectivity index (χ0) is 32.1. The minimum atomic E-state index is -3.86. The summed E-state index contributed by atoms with van der Waals surface area (Å²) < 4.78 is 35.9. The first-order valence-corrected chi connectivity index (χ1v) is 16.9. The van der Waals surface area contributed by atoms with Gasteiger partial charge >= 0.3 is 5.97 Å². The summed E-state index contributed by atoms with van der Waals surface area (Å²) in [7, 11) is -3.86. The van der Waals surface area contributed by atoms with Crippen molar-refractivity contribution in [2.24, 2.45) is 17.6 Å². The Labute approximate surface area is 261 Å². The standard InChI is InChI=1S/C32H36N4O8S/c1-18-22(29(32(40)41)34-28(18)26(19(2)37)31(34)39)17-44-23-7-4-8-24-27(23)21-6-3-5-20(30(21)45(24,42)43)15-35-9-12-36(13-10-35,14-11-35)16-25(33)38/h3-8,18-19,26,28,37H,9-17H2,1-2H3,(H-2,33,38,40,41)/p+2/t18-,19?,26?,28?,35?,36?/m0/s1. The molecule has 4 N–H and O–H groups in total. The number of aliphatic hydroxyl groups is 1. The summed E-state index contributed by atoms with van der Waals surface area (Å²) in [6.45, 7) is 9.12. The SMILES string of the molecule is CC(O)C1C(=O)N2C(C(=O)O)=C(COc3cccc4c3-c3cccc(C[N+]56CC[N+](CC(N)=O)(CC5)CC6)c3S4(=O)=O)[C@H](C)C12. The number of hydrogen-bond acceptors (Lipinski definition) is 7. The number of β-lactam (4-membered cyclic amide) rings is 1. The van der Waals surface area contributed by atoms with Crippen LogP contribution in [0.1, 0.15) is 19.4 Å². The Morgan fingerprint density at radius 1 is 1.07 bits per heavy atom. The van der Waals surface area contributed by atoms with E-state index in [2.05, 4.69) is 0 Å². The van der Waals surface area contributed by atoms with Crippen LogP contribution in [0.4, 0.5) is 0 Å². The monoisotopic (exact) mass is 638 g/mol. The fourth-order valence-corrected chi connectivity index (χ4v) is 10.4. The Morgan fingerprint density at radius 3 is 2.33 bits per heavy atom. The molecule has 45 heavy (non-hydrogen) atoms. The summed E-state index contributed by atoms with van der Waals surface area (Å²) >= 11 is 0. The molecular weight excluding hydrogens is 600 g/mol. The van der Waals surface area contributed by atoms with Crippen molar-refractivity contribution in [2.45, 2.75) is 42.3 Å². The molecular formula is C32H38N4O8S+2. The van der Waals surface area contributed by atoms with Gasteiger partial charge in [-0.2, -0.15) is 0 Å². The first-order valence-electron chi connectivity index (χ1n) is 15.4. The molecule has 4 saturated heterocycles. The number of benzene rings is 2. The maximum absolute atomic E-state index is 14.1. The topological polar surface area (TPSA) is 164 Å². The Kier molecular flexibility index (Phi) is 6.72. The van der Waals surface area contributed by atoms with E-state index in [0.29, 0.717) is 40.0 Å². The minimum Gasteiger partial charge on any atom is -0.488 e. The Hall–Kier alpha value is -3.78. The van der Waals surface area contributed by atoms with E-state index in [-0.39, 0.29) is 33.9 Å². The van der Waals surface area contributed by atoms with Gasteiger partial charge in [-0.3, -0.25) is 9.59 Å². The van der Waals surface area contributed by atoms with Crippen LogP contribution in [0.2, 0.25) is 0 Å². The number of primary amides is 1.